The summed E-state index contributed by atoms with van der Waals surface area (Å²) in [6, 6.07) is 0. The summed E-state index contributed by atoms with van der Waals surface area (Å²) in [5, 5.41) is 3.53. The molecule has 0 bridgehead atoms. The summed E-state index contributed by atoms with van der Waals surface area (Å²) in [4.78, 5) is 0. The number of rotatable bonds is 6. The summed E-state index contributed by atoms with van der Waals surface area (Å²) in [6.07, 6.45) is 9.47. The minimum atomic E-state index is 0.986. The molecule has 1 rings (SSSR count). The van der Waals surface area contributed by atoms with Crippen molar-refractivity contribution < 1.29 is 0 Å². The van der Waals surface area contributed by atoms with Crippen LogP contribution < -0.4 is 5.32 Å². The largest absolute Gasteiger partial charge is 0.316 e. The molecular formula is C12H25NS. The van der Waals surface area contributed by atoms with Gasteiger partial charge >= 0.3 is 0 Å². The van der Waals surface area contributed by atoms with E-state index >= 15 is 0 Å². The highest BCUT2D eigenvalue weighted by Gasteiger charge is 2.17. The molecule has 1 aliphatic rings. The van der Waals surface area contributed by atoms with E-state index in [4.69, 9.17) is 0 Å². The van der Waals surface area contributed by atoms with Gasteiger partial charge in [-0.15, -0.1) is 0 Å². The lowest BCUT2D eigenvalue weighted by atomic mass is 9.81. The molecule has 2 atom stereocenters. The number of nitrogens with one attached hydrogen (secondary N) is 1. The predicted octanol–water partition coefficient (Wildman–Crippen LogP) is 3.16. The van der Waals surface area contributed by atoms with Gasteiger partial charge in [-0.25, -0.2) is 0 Å². The van der Waals surface area contributed by atoms with E-state index in [2.05, 4.69) is 18.5 Å². The van der Waals surface area contributed by atoms with Gasteiger partial charge in [0.2, 0.25) is 0 Å². The third-order valence-electron chi connectivity index (χ3n) is 3.26. The molecule has 0 aromatic carbocycles. The lowest BCUT2D eigenvalue weighted by Crippen LogP contribution is -2.23. The van der Waals surface area contributed by atoms with Crippen LogP contribution in [0.1, 0.15) is 39.0 Å². The van der Waals surface area contributed by atoms with Gasteiger partial charge in [-0.1, -0.05) is 26.2 Å². The van der Waals surface area contributed by atoms with E-state index in [-0.39, 0.29) is 0 Å². The normalized spacial score (nSPS) is 27.9. The molecule has 14 heavy (non-hydrogen) atoms. The summed E-state index contributed by atoms with van der Waals surface area (Å²) in [5.74, 6) is 3.25. The summed E-state index contributed by atoms with van der Waals surface area (Å²) in [6.45, 7) is 4.83. The Morgan fingerprint density at radius 1 is 1.29 bits per heavy atom. The Balaban J connectivity index is 1.95. The first-order chi connectivity index (χ1) is 6.83. The molecule has 0 aromatic heterocycles. The van der Waals surface area contributed by atoms with E-state index < -0.39 is 0 Å². The molecule has 1 saturated carbocycles. The second-order valence-corrected chi connectivity index (χ2v) is 5.65. The summed E-state index contributed by atoms with van der Waals surface area (Å²) < 4.78 is 0. The maximum atomic E-state index is 3.53. The zero-order chi connectivity index (χ0) is 10.2. The van der Waals surface area contributed by atoms with Crippen molar-refractivity contribution in [3.63, 3.8) is 0 Å². The van der Waals surface area contributed by atoms with Gasteiger partial charge in [0.05, 0.1) is 0 Å². The van der Waals surface area contributed by atoms with Crippen LogP contribution >= 0.6 is 11.8 Å². The molecule has 0 heterocycles. The van der Waals surface area contributed by atoms with Gasteiger partial charge in [-0.3, -0.25) is 0 Å². The molecule has 84 valence electrons. The van der Waals surface area contributed by atoms with E-state index in [9.17, 15) is 0 Å². The Morgan fingerprint density at radius 2 is 2.14 bits per heavy atom. The molecule has 0 aromatic rings. The van der Waals surface area contributed by atoms with Crippen molar-refractivity contribution >= 4 is 11.8 Å². The first kappa shape index (κ1) is 12.4. The highest BCUT2D eigenvalue weighted by Crippen LogP contribution is 2.30. The zero-order valence-electron chi connectivity index (χ0n) is 9.72. The summed E-state index contributed by atoms with van der Waals surface area (Å²) in [7, 11) is 0. The monoisotopic (exact) mass is 215 g/mol. The molecule has 0 spiro atoms. The lowest BCUT2D eigenvalue weighted by Gasteiger charge is -2.26. The van der Waals surface area contributed by atoms with Crippen molar-refractivity contribution in [2.45, 2.75) is 39.0 Å². The van der Waals surface area contributed by atoms with Crippen LogP contribution in [0, 0.1) is 11.8 Å². The van der Waals surface area contributed by atoms with Gasteiger partial charge in [0.1, 0.15) is 0 Å². The van der Waals surface area contributed by atoms with E-state index in [1.807, 2.05) is 11.8 Å². The molecule has 1 N–H and O–H groups in total. The smallest absolute Gasteiger partial charge is 0.00553 e. The second kappa shape index (κ2) is 7.58. The summed E-state index contributed by atoms with van der Waals surface area (Å²) in [5.41, 5.74) is 0. The third kappa shape index (κ3) is 5.26. The third-order valence-corrected chi connectivity index (χ3v) is 3.87. The molecule has 1 aliphatic carbocycles. The quantitative estimate of drug-likeness (QED) is 0.683. The fourth-order valence-corrected chi connectivity index (χ4v) is 2.78. The van der Waals surface area contributed by atoms with Gasteiger partial charge in [0, 0.05) is 12.3 Å². The van der Waals surface area contributed by atoms with E-state index in [1.54, 1.807) is 0 Å². The zero-order valence-corrected chi connectivity index (χ0v) is 10.5. The van der Waals surface area contributed by atoms with Crippen molar-refractivity contribution in [1.82, 2.24) is 5.32 Å². The van der Waals surface area contributed by atoms with Crippen LogP contribution in [-0.2, 0) is 0 Å². The Kier molecular flexibility index (Phi) is 6.70. The predicted molar refractivity (Wildman–Crippen MR) is 67.0 cm³/mol. The number of thioether (sulfide) groups is 1. The Hall–Kier alpha value is 0.310. The maximum Gasteiger partial charge on any atom is 0.00553 e. The van der Waals surface area contributed by atoms with Crippen LogP contribution in [-0.4, -0.2) is 25.1 Å². The Morgan fingerprint density at radius 3 is 2.86 bits per heavy atom. The standard InChI is InChI=1S/C12H25NS/c1-11-4-3-5-12(10-11)6-7-13-8-9-14-2/h11-13H,3-10H2,1-2H3. The summed E-state index contributed by atoms with van der Waals surface area (Å²) >= 11 is 1.93. The van der Waals surface area contributed by atoms with E-state index in [0.717, 1.165) is 11.8 Å². The molecule has 0 radical (unpaired) electrons. The average Bonchev–Trinajstić information content (AvgIpc) is 2.18. The molecule has 0 aliphatic heterocycles. The SMILES string of the molecule is CSCCNCCC1CCCC(C)C1. The van der Waals surface area contributed by atoms with Crippen molar-refractivity contribution in [2.75, 3.05) is 25.1 Å². The highest BCUT2D eigenvalue weighted by molar-refractivity contribution is 7.98. The van der Waals surface area contributed by atoms with Crippen LogP contribution in [0.2, 0.25) is 0 Å². The Bertz CT molecular complexity index is 138. The van der Waals surface area contributed by atoms with E-state index in [0.29, 0.717) is 0 Å². The van der Waals surface area contributed by atoms with Crippen LogP contribution in [0.4, 0.5) is 0 Å². The maximum absolute atomic E-state index is 3.53. The fourth-order valence-electron chi connectivity index (χ4n) is 2.43. The fraction of sp³-hybridized carbons (Fsp3) is 1.00. The molecule has 0 amide bonds. The number of hydrogen-bond acceptors (Lipinski definition) is 2. The molecule has 2 heteroatoms. The minimum absolute atomic E-state index is 0.986. The molecule has 0 saturated heterocycles. The van der Waals surface area contributed by atoms with Crippen molar-refractivity contribution in [1.29, 1.82) is 0 Å². The van der Waals surface area contributed by atoms with Crippen LogP contribution in [0.25, 0.3) is 0 Å². The van der Waals surface area contributed by atoms with Crippen LogP contribution in [0.15, 0.2) is 0 Å². The molecule has 1 nitrogen and oxygen atoms in total. The average molecular weight is 215 g/mol. The minimum Gasteiger partial charge on any atom is -0.316 e. The van der Waals surface area contributed by atoms with Gasteiger partial charge in [0.25, 0.3) is 0 Å². The molecule has 1 fully saturated rings. The van der Waals surface area contributed by atoms with Gasteiger partial charge in [-0.05, 0) is 37.5 Å². The van der Waals surface area contributed by atoms with Gasteiger partial charge < -0.3 is 5.32 Å². The van der Waals surface area contributed by atoms with Crippen molar-refractivity contribution in [3.05, 3.63) is 0 Å². The van der Waals surface area contributed by atoms with Crippen molar-refractivity contribution in [2.24, 2.45) is 11.8 Å². The first-order valence-corrected chi connectivity index (χ1v) is 7.42. The Labute approximate surface area is 93.4 Å². The highest BCUT2D eigenvalue weighted by atomic mass is 32.2. The molecule has 2 unspecified atom stereocenters. The topological polar surface area (TPSA) is 12.0 Å². The lowest BCUT2D eigenvalue weighted by molar-refractivity contribution is 0.268. The number of hydrogen-bond donors (Lipinski definition) is 1. The van der Waals surface area contributed by atoms with Crippen LogP contribution in [0.5, 0.6) is 0 Å². The van der Waals surface area contributed by atoms with E-state index in [1.165, 1.54) is 50.9 Å². The second-order valence-electron chi connectivity index (χ2n) is 4.67. The van der Waals surface area contributed by atoms with Crippen LogP contribution in [0.3, 0.4) is 0 Å². The van der Waals surface area contributed by atoms with Gasteiger partial charge in [-0.2, -0.15) is 11.8 Å². The van der Waals surface area contributed by atoms with Crippen molar-refractivity contribution in [3.8, 4) is 0 Å². The molecular weight excluding hydrogens is 190 g/mol. The van der Waals surface area contributed by atoms with Gasteiger partial charge in [0.15, 0.2) is 0 Å². The first-order valence-electron chi connectivity index (χ1n) is 6.02.